The maximum absolute atomic E-state index is 9.64. The van der Waals surface area contributed by atoms with E-state index in [9.17, 15) is 9.59 Å². The number of hydrogen-bond acceptors (Lipinski definition) is 2. The molecule has 28 heavy (non-hydrogen) atoms. The van der Waals surface area contributed by atoms with Crippen LogP contribution in [0.3, 0.4) is 0 Å². The van der Waals surface area contributed by atoms with Crippen molar-refractivity contribution in [3.8, 4) is 11.1 Å². The average molecular weight is 378 g/mol. The molecule has 4 nitrogen and oxygen atoms in total. The summed E-state index contributed by atoms with van der Waals surface area (Å²) in [4.78, 5) is 19.3. The summed E-state index contributed by atoms with van der Waals surface area (Å²) in [6.07, 6.45) is -0.593. The molecule has 0 saturated carbocycles. The van der Waals surface area contributed by atoms with E-state index in [1.54, 1.807) is 0 Å². The van der Waals surface area contributed by atoms with Gasteiger partial charge in [-0.3, -0.25) is 9.59 Å². The molecule has 3 aromatic rings. The predicted molar refractivity (Wildman–Crippen MR) is 112 cm³/mol. The molecule has 0 spiro atoms. The van der Waals surface area contributed by atoms with E-state index in [4.69, 9.17) is 10.2 Å². The minimum atomic E-state index is -1.08. The third-order valence-corrected chi connectivity index (χ3v) is 3.65. The quantitative estimate of drug-likeness (QED) is 0.620. The molecule has 0 bridgehead atoms. The molecule has 3 rings (SSSR count). The van der Waals surface area contributed by atoms with Gasteiger partial charge in [0.15, 0.2) is 0 Å². The Kier molecular flexibility index (Phi) is 10.4. The maximum Gasteiger partial charge on any atom is 0.303 e. The van der Waals surface area contributed by atoms with Crippen LogP contribution < -0.4 is 0 Å². The van der Waals surface area contributed by atoms with Gasteiger partial charge in [-0.1, -0.05) is 96.1 Å². The molecule has 2 N–H and O–H groups in total. The predicted octanol–water partition coefficient (Wildman–Crippen LogP) is 5.59. The zero-order chi connectivity index (χ0) is 20.8. The summed E-state index contributed by atoms with van der Waals surface area (Å²) >= 11 is 0. The highest BCUT2D eigenvalue weighted by atomic mass is 16.4. The average Bonchev–Trinajstić information content (AvgIpc) is 2.69. The molecule has 0 fully saturated rings. The van der Waals surface area contributed by atoms with E-state index in [0.717, 1.165) is 0 Å². The zero-order valence-electron chi connectivity index (χ0n) is 16.2. The van der Waals surface area contributed by atoms with Crippen molar-refractivity contribution in [1.29, 1.82) is 0 Å². The summed E-state index contributed by atoms with van der Waals surface area (Å²) < 4.78 is 0. The van der Waals surface area contributed by atoms with Crippen molar-refractivity contribution in [3.63, 3.8) is 0 Å². The van der Waals surface area contributed by atoms with Crippen molar-refractivity contribution in [2.24, 2.45) is 0 Å². The number of carboxylic acids is 2. The molecule has 0 heterocycles. The normalized spacial score (nSPS) is 9.21. The lowest BCUT2D eigenvalue weighted by atomic mass is 10.0. The van der Waals surface area contributed by atoms with Crippen LogP contribution in [0.5, 0.6) is 0 Å². The van der Waals surface area contributed by atoms with E-state index in [-0.39, 0.29) is 12.8 Å². The third-order valence-electron chi connectivity index (χ3n) is 3.65. The van der Waals surface area contributed by atoms with E-state index < -0.39 is 11.9 Å². The maximum atomic E-state index is 9.64. The van der Waals surface area contributed by atoms with Crippen LogP contribution in [0.1, 0.15) is 24.0 Å². The van der Waals surface area contributed by atoms with Gasteiger partial charge in [-0.15, -0.1) is 0 Å². The van der Waals surface area contributed by atoms with Gasteiger partial charge in [0, 0.05) is 0 Å². The van der Waals surface area contributed by atoms with Gasteiger partial charge in [0.25, 0.3) is 0 Å². The van der Waals surface area contributed by atoms with E-state index in [0.29, 0.717) is 0 Å². The molecule has 0 radical (unpaired) electrons. The molecule has 4 heteroatoms. The number of carbonyl (C=O) groups is 2. The van der Waals surface area contributed by atoms with Crippen LogP contribution in [0, 0.1) is 13.8 Å². The van der Waals surface area contributed by atoms with Crippen molar-refractivity contribution in [2.75, 3.05) is 0 Å². The fourth-order valence-electron chi connectivity index (χ4n) is 2.12. The molecule has 3 aromatic carbocycles. The number of benzene rings is 3. The fourth-order valence-corrected chi connectivity index (χ4v) is 2.12. The molecule has 0 amide bonds. The van der Waals surface area contributed by atoms with Gasteiger partial charge >= 0.3 is 11.9 Å². The highest BCUT2D eigenvalue weighted by molar-refractivity contribution is 5.75. The van der Waals surface area contributed by atoms with Crippen molar-refractivity contribution in [2.45, 2.75) is 26.7 Å². The van der Waals surface area contributed by atoms with E-state index >= 15 is 0 Å². The van der Waals surface area contributed by atoms with Gasteiger partial charge in [-0.25, -0.2) is 0 Å². The van der Waals surface area contributed by atoms with Crippen LogP contribution in [0.4, 0.5) is 0 Å². The molecule has 0 aromatic heterocycles. The second kappa shape index (κ2) is 12.9. The minimum absolute atomic E-state index is 0.296. The van der Waals surface area contributed by atoms with Crippen molar-refractivity contribution >= 4 is 11.9 Å². The molecule has 0 unspecified atom stereocenters. The van der Waals surface area contributed by atoms with E-state index in [1.807, 2.05) is 24.3 Å². The number of rotatable bonds is 4. The van der Waals surface area contributed by atoms with Gasteiger partial charge in [0.05, 0.1) is 12.8 Å². The lowest BCUT2D eigenvalue weighted by molar-refractivity contribution is -0.143. The van der Waals surface area contributed by atoms with Crippen LogP contribution in [-0.2, 0) is 9.59 Å². The smallest absolute Gasteiger partial charge is 0.303 e. The van der Waals surface area contributed by atoms with Crippen LogP contribution in [0.15, 0.2) is 84.9 Å². The number of aryl methyl sites for hydroxylation is 2. The van der Waals surface area contributed by atoms with Gasteiger partial charge in [-0.2, -0.15) is 0 Å². The molecular weight excluding hydrogens is 352 g/mol. The number of hydrogen-bond donors (Lipinski definition) is 2. The third kappa shape index (κ3) is 10.6. The first kappa shape index (κ1) is 22.6. The Bertz CT molecular complexity index is 811. The highest BCUT2D eigenvalue weighted by Crippen LogP contribution is 2.18. The molecule has 146 valence electrons. The van der Waals surface area contributed by atoms with Crippen molar-refractivity contribution in [1.82, 2.24) is 0 Å². The van der Waals surface area contributed by atoms with Crippen molar-refractivity contribution in [3.05, 3.63) is 96.1 Å². The summed E-state index contributed by atoms with van der Waals surface area (Å²) in [5.74, 6) is -2.15. The minimum Gasteiger partial charge on any atom is -0.481 e. The standard InChI is InChI=1S/C13H12.C7H8.C4H6O4/c1-11-7-9-13(10-8-11)12-5-3-2-4-6-12;1-7-5-3-2-4-6-7;5-3(6)1-2-4(7)8/h2-10H,1H3;2-6H,1H3;1-2H2,(H,5,6)(H,7,8). The molecular formula is C24H26O4. The summed E-state index contributed by atoms with van der Waals surface area (Å²) in [6, 6.07) is 29.3. The summed E-state index contributed by atoms with van der Waals surface area (Å²) in [6.45, 7) is 4.19. The van der Waals surface area contributed by atoms with E-state index in [1.165, 1.54) is 22.3 Å². The number of aliphatic carboxylic acids is 2. The molecule has 0 aliphatic carbocycles. The van der Waals surface area contributed by atoms with Crippen LogP contribution in [0.25, 0.3) is 11.1 Å². The van der Waals surface area contributed by atoms with Crippen molar-refractivity contribution < 1.29 is 19.8 Å². The lowest BCUT2D eigenvalue weighted by Crippen LogP contribution is -2.00. The highest BCUT2D eigenvalue weighted by Gasteiger charge is 2.00. The first-order chi connectivity index (χ1) is 13.4. The summed E-state index contributed by atoms with van der Waals surface area (Å²) in [5, 5.41) is 15.8. The van der Waals surface area contributed by atoms with Crippen LogP contribution in [0.2, 0.25) is 0 Å². The molecule has 0 saturated heterocycles. The Balaban J connectivity index is 0.000000226. The van der Waals surface area contributed by atoms with Gasteiger partial charge < -0.3 is 10.2 Å². The Morgan fingerprint density at radius 3 is 1.29 bits per heavy atom. The lowest BCUT2D eigenvalue weighted by Gasteiger charge is -2.00. The second-order valence-electron chi connectivity index (χ2n) is 6.17. The molecule has 0 atom stereocenters. The van der Waals surface area contributed by atoms with Crippen LogP contribution >= 0.6 is 0 Å². The van der Waals surface area contributed by atoms with Gasteiger partial charge in [-0.05, 0) is 25.0 Å². The largest absolute Gasteiger partial charge is 0.481 e. The Hall–Kier alpha value is -3.40. The molecule has 0 aliphatic heterocycles. The summed E-state index contributed by atoms with van der Waals surface area (Å²) in [7, 11) is 0. The van der Waals surface area contributed by atoms with Gasteiger partial charge in [0.2, 0.25) is 0 Å². The van der Waals surface area contributed by atoms with Crippen LogP contribution in [-0.4, -0.2) is 22.2 Å². The Morgan fingerprint density at radius 1 is 0.571 bits per heavy atom. The Morgan fingerprint density at radius 2 is 0.929 bits per heavy atom. The number of carboxylic acid groups (broad SMARTS) is 2. The monoisotopic (exact) mass is 378 g/mol. The Labute approximate surface area is 166 Å². The van der Waals surface area contributed by atoms with Gasteiger partial charge in [0.1, 0.15) is 0 Å². The topological polar surface area (TPSA) is 74.6 Å². The zero-order valence-corrected chi connectivity index (χ0v) is 16.2. The SMILES string of the molecule is Cc1ccc(-c2ccccc2)cc1.Cc1ccccc1.O=C(O)CCC(=O)O. The fraction of sp³-hybridized carbons (Fsp3) is 0.167. The second-order valence-corrected chi connectivity index (χ2v) is 6.17. The summed E-state index contributed by atoms with van der Waals surface area (Å²) in [5.41, 5.74) is 5.19. The van der Waals surface area contributed by atoms with E-state index in [2.05, 4.69) is 74.5 Å². The first-order valence-electron chi connectivity index (χ1n) is 8.96. The first-order valence-corrected chi connectivity index (χ1v) is 8.96. The molecule has 0 aliphatic rings.